The Morgan fingerprint density at radius 1 is 0.765 bits per heavy atom. The Bertz CT molecular complexity index is 1430. The van der Waals surface area contributed by atoms with Gasteiger partial charge in [-0.15, -0.1) is 0 Å². The van der Waals surface area contributed by atoms with Crippen LogP contribution in [0.4, 0.5) is 16.2 Å². The van der Waals surface area contributed by atoms with Crippen molar-refractivity contribution in [3.8, 4) is 22.4 Å². The maximum absolute atomic E-state index is 13.1. The van der Waals surface area contributed by atoms with Crippen LogP contribution in [0.5, 0.6) is 0 Å². The molecule has 0 radical (unpaired) electrons. The normalized spacial score (nSPS) is 14.2. The molecule has 0 amide bonds. The lowest BCUT2D eigenvalue weighted by Gasteiger charge is -2.35. The van der Waals surface area contributed by atoms with E-state index < -0.39 is 0 Å². The van der Waals surface area contributed by atoms with E-state index in [2.05, 4.69) is 46.0 Å². The van der Waals surface area contributed by atoms with Crippen LogP contribution in [0, 0.1) is 5.82 Å². The lowest BCUT2D eigenvalue weighted by Crippen LogP contribution is -2.47. The van der Waals surface area contributed by atoms with Crippen molar-refractivity contribution in [1.82, 2.24) is 39.3 Å². The monoisotopic (exact) mass is 456 g/mol. The molecule has 0 unspecified atom stereocenters. The zero-order valence-corrected chi connectivity index (χ0v) is 18.5. The molecule has 11 heteroatoms. The highest BCUT2D eigenvalue weighted by molar-refractivity contribution is 5.77. The fourth-order valence-corrected chi connectivity index (χ4v) is 4.17. The molecular weight excluding hydrogens is 435 g/mol. The molecule has 1 aliphatic rings. The Hall–Kier alpha value is -4.41. The number of piperazine rings is 1. The van der Waals surface area contributed by atoms with Crippen molar-refractivity contribution in [1.29, 1.82) is 0 Å². The smallest absolute Gasteiger partial charge is 0.225 e. The molecule has 1 fully saturated rings. The highest BCUT2D eigenvalue weighted by Crippen LogP contribution is 2.27. The van der Waals surface area contributed by atoms with E-state index in [4.69, 9.17) is 0 Å². The third kappa shape index (κ3) is 3.70. The Balaban J connectivity index is 1.18. The number of nitrogens with zero attached hydrogens (tertiary/aromatic N) is 10. The average Bonchev–Trinajstić information content (AvgIpc) is 3.51. The van der Waals surface area contributed by atoms with Gasteiger partial charge in [-0.3, -0.25) is 9.67 Å². The summed E-state index contributed by atoms with van der Waals surface area (Å²) in [4.78, 5) is 22.1. The van der Waals surface area contributed by atoms with Crippen molar-refractivity contribution < 1.29 is 4.39 Å². The number of hydrogen-bond donors (Lipinski definition) is 0. The van der Waals surface area contributed by atoms with Gasteiger partial charge in [0, 0.05) is 74.7 Å². The quantitative estimate of drug-likeness (QED) is 0.407. The number of hydrogen-bond acceptors (Lipinski definition) is 8. The Morgan fingerprint density at radius 2 is 1.56 bits per heavy atom. The molecular formula is C23H21FN10. The molecule has 0 atom stereocenters. The van der Waals surface area contributed by atoms with Gasteiger partial charge in [-0.2, -0.15) is 10.2 Å². The second kappa shape index (κ2) is 8.18. The summed E-state index contributed by atoms with van der Waals surface area (Å²) < 4.78 is 16.8. The summed E-state index contributed by atoms with van der Waals surface area (Å²) in [7, 11) is 1.90. The first-order valence-corrected chi connectivity index (χ1v) is 10.9. The topological polar surface area (TPSA) is 93.2 Å². The van der Waals surface area contributed by atoms with Crippen LogP contribution in [0.2, 0.25) is 0 Å². The van der Waals surface area contributed by atoms with Crippen molar-refractivity contribution in [3.05, 3.63) is 67.5 Å². The minimum atomic E-state index is -0.367. The van der Waals surface area contributed by atoms with Gasteiger partial charge in [-0.05, 0) is 18.2 Å². The largest absolute Gasteiger partial charge is 0.351 e. The summed E-state index contributed by atoms with van der Waals surface area (Å²) in [5.41, 5.74) is 4.45. The van der Waals surface area contributed by atoms with Gasteiger partial charge in [0.25, 0.3) is 0 Å². The standard InChI is InChI=1S/C23H21FN10/c1-31-13-18(11-29-31)16-8-21-22(28-15-30-34(21)14-16)32-4-6-33(7-5-32)23-26-9-17(10-27-23)20-3-2-19(24)12-25-20/h2-3,8-15H,4-7H2,1H3. The second-order valence-electron chi connectivity index (χ2n) is 8.15. The van der Waals surface area contributed by atoms with E-state index in [-0.39, 0.29) is 5.82 Å². The van der Waals surface area contributed by atoms with E-state index in [9.17, 15) is 4.39 Å². The van der Waals surface area contributed by atoms with Crippen LogP contribution in [0.15, 0.2) is 61.7 Å². The van der Waals surface area contributed by atoms with E-state index in [1.807, 2.05) is 30.2 Å². The van der Waals surface area contributed by atoms with E-state index >= 15 is 0 Å². The molecule has 0 aromatic carbocycles. The molecule has 0 bridgehead atoms. The molecule has 1 aliphatic heterocycles. The molecule has 5 aromatic rings. The Morgan fingerprint density at radius 3 is 2.26 bits per heavy atom. The molecule has 34 heavy (non-hydrogen) atoms. The van der Waals surface area contributed by atoms with Gasteiger partial charge in [-0.1, -0.05) is 0 Å². The van der Waals surface area contributed by atoms with Gasteiger partial charge in [0.05, 0.1) is 18.1 Å². The van der Waals surface area contributed by atoms with Crippen LogP contribution < -0.4 is 9.80 Å². The first-order valence-electron chi connectivity index (χ1n) is 10.9. The molecule has 10 nitrogen and oxygen atoms in total. The van der Waals surface area contributed by atoms with E-state index in [1.165, 1.54) is 12.3 Å². The molecule has 0 N–H and O–H groups in total. The lowest BCUT2D eigenvalue weighted by molar-refractivity contribution is 0.622. The van der Waals surface area contributed by atoms with Crippen molar-refractivity contribution in [2.45, 2.75) is 0 Å². The summed E-state index contributed by atoms with van der Waals surface area (Å²) in [5.74, 6) is 1.21. The highest BCUT2D eigenvalue weighted by atomic mass is 19.1. The Kier molecular flexibility index (Phi) is 4.86. The molecule has 0 saturated carbocycles. The van der Waals surface area contributed by atoms with Crippen LogP contribution in [-0.4, -0.2) is 65.5 Å². The number of halogens is 1. The van der Waals surface area contributed by atoms with Gasteiger partial charge < -0.3 is 9.80 Å². The minimum absolute atomic E-state index is 0.367. The maximum atomic E-state index is 13.1. The fraction of sp³-hybridized carbons (Fsp3) is 0.217. The number of aromatic nitrogens is 8. The fourth-order valence-electron chi connectivity index (χ4n) is 4.17. The highest BCUT2D eigenvalue weighted by Gasteiger charge is 2.22. The zero-order chi connectivity index (χ0) is 23.1. The van der Waals surface area contributed by atoms with Crippen molar-refractivity contribution in [3.63, 3.8) is 0 Å². The predicted molar refractivity (Wildman–Crippen MR) is 125 cm³/mol. The first-order chi connectivity index (χ1) is 16.6. The SMILES string of the molecule is Cn1cc(-c2cc3c(N4CCN(c5ncc(-c6ccc(F)cn6)cn5)CC4)ncnn3c2)cn1. The van der Waals surface area contributed by atoms with Crippen molar-refractivity contribution in [2.75, 3.05) is 36.0 Å². The molecule has 6 rings (SSSR count). The number of anilines is 2. The summed E-state index contributed by atoms with van der Waals surface area (Å²) in [6, 6.07) is 5.10. The van der Waals surface area contributed by atoms with E-state index in [1.54, 1.807) is 29.5 Å². The van der Waals surface area contributed by atoms with Gasteiger partial charge in [0.1, 0.15) is 17.7 Å². The van der Waals surface area contributed by atoms with Crippen molar-refractivity contribution >= 4 is 17.3 Å². The predicted octanol–water partition coefficient (Wildman–Crippen LogP) is 2.45. The zero-order valence-electron chi connectivity index (χ0n) is 18.5. The van der Waals surface area contributed by atoms with Crippen LogP contribution in [0.1, 0.15) is 0 Å². The summed E-state index contributed by atoms with van der Waals surface area (Å²) in [5, 5.41) is 8.65. The van der Waals surface area contributed by atoms with E-state index in [0.717, 1.165) is 54.2 Å². The van der Waals surface area contributed by atoms with Gasteiger partial charge in [-0.25, -0.2) is 23.9 Å². The number of aryl methyl sites for hydroxylation is 1. The van der Waals surface area contributed by atoms with Gasteiger partial charge in [0.2, 0.25) is 5.95 Å². The number of rotatable bonds is 4. The summed E-state index contributed by atoms with van der Waals surface area (Å²) >= 11 is 0. The summed E-state index contributed by atoms with van der Waals surface area (Å²) in [6.45, 7) is 3.09. The van der Waals surface area contributed by atoms with Crippen LogP contribution in [-0.2, 0) is 7.05 Å². The molecule has 170 valence electrons. The maximum Gasteiger partial charge on any atom is 0.225 e. The third-order valence-electron chi connectivity index (χ3n) is 5.95. The third-order valence-corrected chi connectivity index (χ3v) is 5.95. The molecule has 0 aliphatic carbocycles. The minimum Gasteiger partial charge on any atom is -0.351 e. The van der Waals surface area contributed by atoms with Crippen LogP contribution in [0.3, 0.4) is 0 Å². The Labute approximate surface area is 194 Å². The van der Waals surface area contributed by atoms with Gasteiger partial charge in [0.15, 0.2) is 5.82 Å². The van der Waals surface area contributed by atoms with Crippen LogP contribution >= 0.6 is 0 Å². The lowest BCUT2D eigenvalue weighted by atomic mass is 10.2. The average molecular weight is 456 g/mol. The van der Waals surface area contributed by atoms with Crippen LogP contribution in [0.25, 0.3) is 27.9 Å². The second-order valence-corrected chi connectivity index (χ2v) is 8.15. The molecule has 6 heterocycles. The van der Waals surface area contributed by atoms with Crippen molar-refractivity contribution in [2.24, 2.45) is 7.05 Å². The first kappa shape index (κ1) is 20.2. The molecule has 5 aromatic heterocycles. The summed E-state index contributed by atoms with van der Waals surface area (Å²) in [6.07, 6.45) is 12.1. The van der Waals surface area contributed by atoms with Gasteiger partial charge >= 0.3 is 0 Å². The molecule has 1 saturated heterocycles. The molecule has 0 spiro atoms. The number of fused-ring (bicyclic) bond motifs is 1. The van der Waals surface area contributed by atoms with E-state index in [0.29, 0.717) is 11.6 Å². The number of pyridine rings is 1.